The number of hydrogen-bond acceptors (Lipinski definition) is 4. The van der Waals surface area contributed by atoms with Crippen LogP contribution in [-0.2, 0) is 4.74 Å². The van der Waals surface area contributed by atoms with Crippen molar-refractivity contribution in [2.75, 3.05) is 6.61 Å². The molecule has 0 N–H and O–H groups in total. The third-order valence-corrected chi connectivity index (χ3v) is 3.39. The maximum Gasteiger partial charge on any atom is 0.340 e. The van der Waals surface area contributed by atoms with E-state index in [0.717, 1.165) is 0 Å². The van der Waals surface area contributed by atoms with Gasteiger partial charge in [-0.3, -0.25) is 9.36 Å². The highest BCUT2D eigenvalue weighted by Gasteiger charge is 2.18. The Bertz CT molecular complexity index is 812. The Balaban J connectivity index is 2.66. The number of nitrogens with zero attached hydrogens (tertiary/aromatic N) is 2. The van der Waals surface area contributed by atoms with Crippen molar-refractivity contribution in [3.8, 4) is 11.8 Å². The van der Waals surface area contributed by atoms with Gasteiger partial charge in [0.05, 0.1) is 23.8 Å². The van der Waals surface area contributed by atoms with Crippen molar-refractivity contribution in [3.63, 3.8) is 0 Å². The lowest BCUT2D eigenvalue weighted by Crippen LogP contribution is -2.24. The van der Waals surface area contributed by atoms with Crippen LogP contribution in [0, 0.1) is 25.2 Å². The first-order valence-electron chi connectivity index (χ1n) is 6.90. The van der Waals surface area contributed by atoms with Gasteiger partial charge < -0.3 is 4.74 Å². The molecule has 2 rings (SSSR count). The van der Waals surface area contributed by atoms with E-state index in [1.54, 1.807) is 45.0 Å². The van der Waals surface area contributed by atoms with Gasteiger partial charge >= 0.3 is 5.97 Å². The maximum atomic E-state index is 12.3. The SMILES string of the molecule is CCOC(=O)c1c(C)cc(=O)n(-c2ccc(C#N)cc2)c1C. The first kappa shape index (κ1) is 15.5. The Kier molecular flexibility index (Phi) is 4.42. The average Bonchev–Trinajstić information content (AvgIpc) is 2.47. The Labute approximate surface area is 128 Å². The van der Waals surface area contributed by atoms with E-state index in [2.05, 4.69) is 0 Å². The van der Waals surface area contributed by atoms with Crippen LogP contribution in [0.3, 0.4) is 0 Å². The lowest BCUT2D eigenvalue weighted by Gasteiger charge is -2.15. The quantitative estimate of drug-likeness (QED) is 0.816. The molecule has 0 atom stereocenters. The van der Waals surface area contributed by atoms with Gasteiger partial charge in [0.15, 0.2) is 0 Å². The lowest BCUT2D eigenvalue weighted by molar-refractivity contribution is 0.0523. The minimum absolute atomic E-state index is 0.229. The van der Waals surface area contributed by atoms with Gasteiger partial charge in [-0.15, -0.1) is 0 Å². The normalized spacial score (nSPS) is 10.1. The number of hydrogen-bond donors (Lipinski definition) is 0. The molecule has 1 aromatic carbocycles. The van der Waals surface area contributed by atoms with Crippen molar-refractivity contribution in [3.05, 3.63) is 63.1 Å². The van der Waals surface area contributed by atoms with Crippen LogP contribution in [0.1, 0.15) is 34.1 Å². The van der Waals surface area contributed by atoms with Crippen LogP contribution in [0.5, 0.6) is 0 Å². The minimum Gasteiger partial charge on any atom is -0.462 e. The van der Waals surface area contributed by atoms with E-state index in [1.165, 1.54) is 10.6 Å². The molecule has 0 amide bonds. The Morgan fingerprint density at radius 2 is 1.91 bits per heavy atom. The number of ether oxygens (including phenoxy) is 1. The van der Waals surface area contributed by atoms with E-state index < -0.39 is 5.97 Å². The maximum absolute atomic E-state index is 12.3. The van der Waals surface area contributed by atoms with Crippen LogP contribution in [0.4, 0.5) is 0 Å². The molecular weight excluding hydrogens is 280 g/mol. The molecule has 0 saturated heterocycles. The third kappa shape index (κ3) is 2.77. The van der Waals surface area contributed by atoms with Crippen LogP contribution in [0.15, 0.2) is 35.1 Å². The molecule has 0 aliphatic carbocycles. The van der Waals surface area contributed by atoms with Crippen LogP contribution >= 0.6 is 0 Å². The summed E-state index contributed by atoms with van der Waals surface area (Å²) in [6, 6.07) is 10.1. The van der Waals surface area contributed by atoms with Gasteiger partial charge in [0.2, 0.25) is 0 Å². The second kappa shape index (κ2) is 6.27. The summed E-state index contributed by atoms with van der Waals surface area (Å²) in [5.74, 6) is -0.445. The Morgan fingerprint density at radius 1 is 1.27 bits per heavy atom. The van der Waals surface area contributed by atoms with E-state index in [-0.39, 0.29) is 12.2 Å². The molecule has 1 aromatic heterocycles. The summed E-state index contributed by atoms with van der Waals surface area (Å²) in [7, 11) is 0. The number of aryl methyl sites for hydroxylation is 1. The number of aromatic nitrogens is 1. The van der Waals surface area contributed by atoms with Gasteiger partial charge in [-0.25, -0.2) is 4.79 Å². The first-order chi connectivity index (χ1) is 10.5. The van der Waals surface area contributed by atoms with E-state index in [9.17, 15) is 9.59 Å². The molecule has 22 heavy (non-hydrogen) atoms. The van der Waals surface area contributed by atoms with Crippen molar-refractivity contribution in [1.82, 2.24) is 4.57 Å². The molecule has 5 nitrogen and oxygen atoms in total. The Hall–Kier alpha value is -2.87. The number of rotatable bonds is 3. The predicted octanol–water partition coefficient (Wildman–Crippen LogP) is 2.50. The van der Waals surface area contributed by atoms with Crippen LogP contribution in [-0.4, -0.2) is 17.1 Å². The molecule has 2 aromatic rings. The summed E-state index contributed by atoms with van der Waals surface area (Å²) in [6.45, 7) is 5.43. The fraction of sp³-hybridized carbons (Fsp3) is 0.235. The van der Waals surface area contributed by atoms with Crippen molar-refractivity contribution in [2.24, 2.45) is 0 Å². The van der Waals surface area contributed by atoms with E-state index in [4.69, 9.17) is 10.00 Å². The molecule has 1 heterocycles. The van der Waals surface area contributed by atoms with Gasteiger partial charge in [-0.1, -0.05) is 0 Å². The zero-order valence-electron chi connectivity index (χ0n) is 12.7. The van der Waals surface area contributed by atoms with Gasteiger partial charge in [-0.2, -0.15) is 5.26 Å². The number of esters is 1. The molecule has 0 aliphatic rings. The van der Waals surface area contributed by atoms with E-state index >= 15 is 0 Å². The molecule has 0 unspecified atom stereocenters. The molecular formula is C17H16N2O3. The highest BCUT2D eigenvalue weighted by atomic mass is 16.5. The van der Waals surface area contributed by atoms with Crippen molar-refractivity contribution < 1.29 is 9.53 Å². The largest absolute Gasteiger partial charge is 0.462 e. The van der Waals surface area contributed by atoms with E-state index in [0.29, 0.717) is 28.1 Å². The predicted molar refractivity (Wildman–Crippen MR) is 82.2 cm³/mol. The molecule has 0 aliphatic heterocycles. The van der Waals surface area contributed by atoms with Crippen molar-refractivity contribution in [2.45, 2.75) is 20.8 Å². The first-order valence-corrected chi connectivity index (χ1v) is 6.90. The second-order valence-electron chi connectivity index (χ2n) is 4.84. The number of nitriles is 1. The van der Waals surface area contributed by atoms with Crippen molar-refractivity contribution >= 4 is 5.97 Å². The van der Waals surface area contributed by atoms with Gasteiger partial charge in [0.1, 0.15) is 0 Å². The molecule has 0 saturated carbocycles. The monoisotopic (exact) mass is 296 g/mol. The summed E-state index contributed by atoms with van der Waals surface area (Å²) in [4.78, 5) is 24.4. The van der Waals surface area contributed by atoms with Gasteiger partial charge in [-0.05, 0) is 50.6 Å². The van der Waals surface area contributed by atoms with Gasteiger partial charge in [0, 0.05) is 17.4 Å². The van der Waals surface area contributed by atoms with Crippen LogP contribution in [0.25, 0.3) is 5.69 Å². The summed E-state index contributed by atoms with van der Waals surface area (Å²) < 4.78 is 6.50. The molecule has 0 spiro atoms. The fourth-order valence-electron chi connectivity index (χ4n) is 2.40. The smallest absolute Gasteiger partial charge is 0.340 e. The minimum atomic E-state index is -0.445. The topological polar surface area (TPSA) is 72.1 Å². The zero-order valence-corrected chi connectivity index (χ0v) is 12.7. The summed E-state index contributed by atoms with van der Waals surface area (Å²) in [5, 5.41) is 8.84. The molecule has 0 fully saturated rings. The van der Waals surface area contributed by atoms with Gasteiger partial charge in [0.25, 0.3) is 5.56 Å². The zero-order chi connectivity index (χ0) is 16.3. The van der Waals surface area contributed by atoms with Crippen molar-refractivity contribution in [1.29, 1.82) is 5.26 Å². The van der Waals surface area contributed by atoms with Crippen LogP contribution < -0.4 is 5.56 Å². The number of benzene rings is 1. The third-order valence-electron chi connectivity index (χ3n) is 3.39. The molecule has 0 radical (unpaired) electrons. The van der Waals surface area contributed by atoms with Crippen LogP contribution in [0.2, 0.25) is 0 Å². The molecule has 5 heteroatoms. The second-order valence-corrected chi connectivity index (χ2v) is 4.84. The number of carbonyl (C=O) groups excluding carboxylic acids is 1. The summed E-state index contributed by atoms with van der Waals surface area (Å²) in [5.41, 5.74) is 2.39. The standard InChI is InChI=1S/C17H16N2O3/c1-4-22-17(21)16-11(2)9-15(20)19(12(16)3)14-7-5-13(10-18)6-8-14/h5-9H,4H2,1-3H3. The lowest BCUT2D eigenvalue weighted by atomic mass is 10.1. The fourth-order valence-corrected chi connectivity index (χ4v) is 2.40. The molecule has 112 valence electrons. The number of carbonyl (C=O) groups is 1. The summed E-state index contributed by atoms with van der Waals surface area (Å²) >= 11 is 0. The number of pyridine rings is 1. The summed E-state index contributed by atoms with van der Waals surface area (Å²) in [6.07, 6.45) is 0. The Morgan fingerprint density at radius 3 is 2.45 bits per heavy atom. The van der Waals surface area contributed by atoms with E-state index in [1.807, 2.05) is 6.07 Å². The highest BCUT2D eigenvalue weighted by molar-refractivity contribution is 5.92. The highest BCUT2D eigenvalue weighted by Crippen LogP contribution is 2.17. The average molecular weight is 296 g/mol. The molecule has 0 bridgehead atoms.